The number of nitrogens with zero attached hydrogens (tertiary/aromatic N) is 2. The van der Waals surface area contributed by atoms with Gasteiger partial charge in [0, 0.05) is 23.5 Å². The summed E-state index contributed by atoms with van der Waals surface area (Å²) in [5.41, 5.74) is 0. The summed E-state index contributed by atoms with van der Waals surface area (Å²) in [5, 5.41) is 13.3. The van der Waals surface area contributed by atoms with E-state index in [1.54, 1.807) is 0 Å². The van der Waals surface area contributed by atoms with Crippen molar-refractivity contribution in [3.8, 4) is 0 Å². The molecule has 2 fully saturated rings. The Kier molecular flexibility index (Phi) is 3.20. The molecule has 0 radical (unpaired) electrons. The monoisotopic (exact) mass is 267 g/mol. The molecular formula is C12H17N3O2S. The van der Waals surface area contributed by atoms with Crippen molar-refractivity contribution >= 4 is 22.6 Å². The summed E-state index contributed by atoms with van der Waals surface area (Å²) in [5.74, 6) is 0.674. The largest absolute Gasteiger partial charge is 0.481 e. The van der Waals surface area contributed by atoms with E-state index in [4.69, 9.17) is 5.11 Å². The lowest BCUT2D eigenvalue weighted by Gasteiger charge is -2.26. The Morgan fingerprint density at radius 1 is 1.33 bits per heavy atom. The number of carboxylic acids is 1. The Balaban J connectivity index is 1.59. The molecule has 2 aliphatic rings. The number of anilines is 1. The molecule has 2 atom stereocenters. The van der Waals surface area contributed by atoms with Gasteiger partial charge in [0.05, 0.1) is 5.92 Å². The zero-order valence-electron chi connectivity index (χ0n) is 10.1. The van der Waals surface area contributed by atoms with E-state index in [2.05, 4.69) is 14.7 Å². The van der Waals surface area contributed by atoms with Crippen LogP contribution in [-0.4, -0.2) is 26.5 Å². The fourth-order valence-corrected chi connectivity index (χ4v) is 3.24. The van der Waals surface area contributed by atoms with Crippen molar-refractivity contribution in [1.29, 1.82) is 0 Å². The quantitative estimate of drug-likeness (QED) is 0.876. The lowest BCUT2D eigenvalue weighted by Crippen LogP contribution is -2.30. The van der Waals surface area contributed by atoms with Gasteiger partial charge >= 0.3 is 5.97 Å². The van der Waals surface area contributed by atoms with Crippen LogP contribution >= 0.6 is 11.5 Å². The van der Waals surface area contributed by atoms with Crippen molar-refractivity contribution in [2.75, 3.05) is 5.32 Å². The van der Waals surface area contributed by atoms with Crippen LogP contribution in [0.25, 0.3) is 0 Å². The Bertz CT molecular complexity index is 444. The molecule has 0 bridgehead atoms. The van der Waals surface area contributed by atoms with E-state index >= 15 is 0 Å². The lowest BCUT2D eigenvalue weighted by molar-refractivity contribution is -0.142. The summed E-state index contributed by atoms with van der Waals surface area (Å²) in [6, 6.07) is 0.236. The minimum atomic E-state index is -0.669. The van der Waals surface area contributed by atoms with Crippen LogP contribution in [0.1, 0.15) is 50.3 Å². The highest BCUT2D eigenvalue weighted by Crippen LogP contribution is 2.39. The van der Waals surface area contributed by atoms with Crippen molar-refractivity contribution in [2.24, 2.45) is 5.92 Å². The predicted molar refractivity (Wildman–Crippen MR) is 68.9 cm³/mol. The molecule has 2 unspecified atom stereocenters. The van der Waals surface area contributed by atoms with Crippen LogP contribution in [0.15, 0.2) is 0 Å². The topological polar surface area (TPSA) is 75.1 Å². The lowest BCUT2D eigenvalue weighted by atomic mass is 9.86. The molecule has 2 aliphatic carbocycles. The average molecular weight is 267 g/mol. The molecule has 0 saturated heterocycles. The molecule has 3 rings (SSSR count). The second-order valence-corrected chi connectivity index (χ2v) is 6.03. The number of carbonyl (C=O) groups is 1. The fourth-order valence-electron chi connectivity index (χ4n) is 2.52. The number of aromatic nitrogens is 2. The minimum absolute atomic E-state index is 0.202. The van der Waals surface area contributed by atoms with Gasteiger partial charge < -0.3 is 10.4 Å². The maximum absolute atomic E-state index is 11.0. The number of rotatable bonds is 4. The van der Waals surface area contributed by atoms with Gasteiger partial charge in [-0.3, -0.25) is 4.79 Å². The number of carboxylic acid groups (broad SMARTS) is 1. The summed E-state index contributed by atoms with van der Waals surface area (Å²) in [6.07, 6.45) is 5.93. The van der Waals surface area contributed by atoms with Gasteiger partial charge in [-0.15, -0.1) is 0 Å². The van der Waals surface area contributed by atoms with Crippen LogP contribution in [0.4, 0.5) is 5.13 Å². The average Bonchev–Trinajstić information content (AvgIpc) is 3.11. The van der Waals surface area contributed by atoms with Gasteiger partial charge in [-0.1, -0.05) is 6.42 Å². The molecule has 0 aromatic carbocycles. The van der Waals surface area contributed by atoms with Gasteiger partial charge in [-0.05, 0) is 32.1 Å². The maximum atomic E-state index is 11.0. The summed E-state index contributed by atoms with van der Waals surface area (Å²) < 4.78 is 4.35. The van der Waals surface area contributed by atoms with Gasteiger partial charge in [-0.2, -0.15) is 4.37 Å². The van der Waals surface area contributed by atoms with E-state index in [1.165, 1.54) is 24.4 Å². The third kappa shape index (κ3) is 2.63. The Morgan fingerprint density at radius 2 is 2.17 bits per heavy atom. The second-order valence-electron chi connectivity index (χ2n) is 5.28. The number of aliphatic carboxylic acids is 1. The summed E-state index contributed by atoms with van der Waals surface area (Å²) >= 11 is 1.40. The standard InChI is InChI=1S/C12H17N3O2S/c16-11(17)8-2-1-3-9(6-8)13-12-14-10(15-18-12)7-4-5-7/h7-9H,1-6H2,(H,16,17)(H,13,14,15). The Hall–Kier alpha value is -1.17. The van der Waals surface area contributed by atoms with E-state index in [0.717, 1.165) is 30.2 Å². The third-order valence-electron chi connectivity index (χ3n) is 3.74. The van der Waals surface area contributed by atoms with Crippen LogP contribution in [-0.2, 0) is 4.79 Å². The number of hydrogen-bond acceptors (Lipinski definition) is 5. The molecule has 1 aromatic heterocycles. The summed E-state index contributed by atoms with van der Waals surface area (Å²) in [6.45, 7) is 0. The van der Waals surface area contributed by atoms with E-state index in [-0.39, 0.29) is 12.0 Å². The van der Waals surface area contributed by atoms with Gasteiger partial charge in [0.25, 0.3) is 0 Å². The summed E-state index contributed by atoms with van der Waals surface area (Å²) in [4.78, 5) is 15.5. The first-order valence-electron chi connectivity index (χ1n) is 6.55. The molecule has 0 spiro atoms. The van der Waals surface area contributed by atoms with E-state index < -0.39 is 5.97 Å². The molecule has 2 saturated carbocycles. The molecule has 98 valence electrons. The Labute approximate surface area is 110 Å². The molecule has 6 heteroatoms. The summed E-state index contributed by atoms with van der Waals surface area (Å²) in [7, 11) is 0. The van der Waals surface area contributed by atoms with Crippen LogP contribution < -0.4 is 5.32 Å². The third-order valence-corrected chi connectivity index (χ3v) is 4.40. The number of hydrogen-bond donors (Lipinski definition) is 2. The molecule has 0 amide bonds. The Morgan fingerprint density at radius 3 is 2.89 bits per heavy atom. The normalized spacial score (nSPS) is 28.0. The van der Waals surface area contributed by atoms with Crippen LogP contribution in [0, 0.1) is 5.92 Å². The van der Waals surface area contributed by atoms with E-state index in [0.29, 0.717) is 12.3 Å². The van der Waals surface area contributed by atoms with Gasteiger partial charge in [0.2, 0.25) is 5.13 Å². The second kappa shape index (κ2) is 4.84. The van der Waals surface area contributed by atoms with Crippen molar-refractivity contribution in [3.63, 3.8) is 0 Å². The molecule has 0 aliphatic heterocycles. The van der Waals surface area contributed by atoms with Crippen LogP contribution in [0.3, 0.4) is 0 Å². The first-order valence-corrected chi connectivity index (χ1v) is 7.32. The van der Waals surface area contributed by atoms with Crippen LogP contribution in [0.5, 0.6) is 0 Å². The first kappa shape index (κ1) is 11.9. The number of nitrogens with one attached hydrogen (secondary N) is 1. The molecule has 2 N–H and O–H groups in total. The van der Waals surface area contributed by atoms with E-state index in [9.17, 15) is 4.79 Å². The zero-order chi connectivity index (χ0) is 12.5. The molecule has 1 aromatic rings. The van der Waals surface area contributed by atoms with E-state index in [1.807, 2.05) is 0 Å². The van der Waals surface area contributed by atoms with Gasteiger partial charge in [0.1, 0.15) is 5.82 Å². The predicted octanol–water partition coefficient (Wildman–Crippen LogP) is 2.47. The highest BCUT2D eigenvalue weighted by atomic mass is 32.1. The highest BCUT2D eigenvalue weighted by molar-refractivity contribution is 7.09. The van der Waals surface area contributed by atoms with Gasteiger partial charge in [0.15, 0.2) is 0 Å². The maximum Gasteiger partial charge on any atom is 0.306 e. The smallest absolute Gasteiger partial charge is 0.306 e. The fraction of sp³-hybridized carbons (Fsp3) is 0.750. The molecule has 18 heavy (non-hydrogen) atoms. The molecular weight excluding hydrogens is 250 g/mol. The van der Waals surface area contributed by atoms with Crippen molar-refractivity contribution < 1.29 is 9.90 Å². The highest BCUT2D eigenvalue weighted by Gasteiger charge is 2.30. The first-order chi connectivity index (χ1) is 8.72. The van der Waals surface area contributed by atoms with Crippen molar-refractivity contribution in [1.82, 2.24) is 9.36 Å². The van der Waals surface area contributed by atoms with Crippen LogP contribution in [0.2, 0.25) is 0 Å². The van der Waals surface area contributed by atoms with Crippen molar-refractivity contribution in [3.05, 3.63) is 5.82 Å². The molecule has 1 heterocycles. The zero-order valence-corrected chi connectivity index (χ0v) is 10.9. The van der Waals surface area contributed by atoms with Crippen molar-refractivity contribution in [2.45, 2.75) is 50.5 Å². The minimum Gasteiger partial charge on any atom is -0.481 e. The van der Waals surface area contributed by atoms with Gasteiger partial charge in [-0.25, -0.2) is 4.98 Å². The SMILES string of the molecule is O=C(O)C1CCCC(Nc2nc(C3CC3)ns2)C1. The molecule has 5 nitrogen and oxygen atoms in total.